The molecule has 1 aliphatic carbocycles. The summed E-state index contributed by atoms with van der Waals surface area (Å²) >= 11 is 0. The molecule has 100 valence electrons. The topological polar surface area (TPSA) is 52.6 Å². The fourth-order valence-electron chi connectivity index (χ4n) is 2.66. The van der Waals surface area contributed by atoms with Gasteiger partial charge in [-0.1, -0.05) is 19.3 Å². The van der Waals surface area contributed by atoms with E-state index in [1.54, 1.807) is 0 Å². The predicted molar refractivity (Wildman–Crippen MR) is 68.8 cm³/mol. The van der Waals surface area contributed by atoms with Gasteiger partial charge < -0.3 is 15.3 Å². The van der Waals surface area contributed by atoms with Crippen LogP contribution in [0.15, 0.2) is 0 Å². The summed E-state index contributed by atoms with van der Waals surface area (Å²) in [7, 11) is 3.74. The Kier molecular flexibility index (Phi) is 5.40. The Morgan fingerprint density at radius 1 is 1.35 bits per heavy atom. The van der Waals surface area contributed by atoms with Gasteiger partial charge in [0.1, 0.15) is 0 Å². The molecule has 1 unspecified atom stereocenters. The number of hydrogen-bond donors (Lipinski definition) is 2. The maximum absolute atomic E-state index is 11.8. The predicted octanol–water partition coefficient (Wildman–Crippen LogP) is 0.995. The van der Waals surface area contributed by atoms with Crippen LogP contribution in [0.3, 0.4) is 0 Å². The van der Waals surface area contributed by atoms with E-state index in [-0.39, 0.29) is 12.5 Å². The van der Waals surface area contributed by atoms with Crippen LogP contribution in [0, 0.1) is 5.92 Å². The smallest absolute Gasteiger partial charge is 0.234 e. The van der Waals surface area contributed by atoms with Crippen molar-refractivity contribution in [2.75, 3.05) is 27.2 Å². The van der Waals surface area contributed by atoms with E-state index in [1.165, 1.54) is 19.3 Å². The van der Waals surface area contributed by atoms with Gasteiger partial charge in [0.15, 0.2) is 0 Å². The molecule has 1 rings (SSSR count). The normalized spacial score (nSPS) is 21.2. The highest BCUT2D eigenvalue weighted by Crippen LogP contribution is 2.32. The minimum Gasteiger partial charge on any atom is -0.394 e. The fraction of sp³-hybridized carbons (Fsp3) is 0.923. The number of nitrogens with zero attached hydrogens (tertiary/aromatic N) is 1. The van der Waals surface area contributed by atoms with Gasteiger partial charge in [0.05, 0.1) is 18.7 Å². The molecule has 1 saturated carbocycles. The quantitative estimate of drug-likeness (QED) is 0.756. The van der Waals surface area contributed by atoms with Gasteiger partial charge in [-0.25, -0.2) is 0 Å². The highest BCUT2D eigenvalue weighted by molar-refractivity contribution is 5.78. The number of carbonyl (C=O) groups excluding carboxylic acids is 1. The van der Waals surface area contributed by atoms with Crippen molar-refractivity contribution in [3.8, 4) is 0 Å². The molecule has 0 saturated heterocycles. The number of likely N-dealkylation sites (N-methyl/N-ethyl adjacent to an activating group) is 1. The first-order valence-electron chi connectivity index (χ1n) is 6.54. The average Bonchev–Trinajstić information content (AvgIpc) is 2.29. The van der Waals surface area contributed by atoms with E-state index >= 15 is 0 Å². The molecule has 0 aromatic rings. The molecule has 1 fully saturated rings. The standard InChI is InChI=1S/C13H26N2O2/c1-13(10-16,11-7-5-4-6-8-11)14-12(17)9-15(2)3/h11,16H,4-10H2,1-3H3,(H,14,17). The van der Waals surface area contributed by atoms with Gasteiger partial charge >= 0.3 is 0 Å². The van der Waals surface area contributed by atoms with Gasteiger partial charge in [-0.3, -0.25) is 4.79 Å². The number of amides is 1. The van der Waals surface area contributed by atoms with Crippen LogP contribution in [0.1, 0.15) is 39.0 Å². The molecule has 4 heteroatoms. The van der Waals surface area contributed by atoms with Gasteiger partial charge in [0.2, 0.25) is 5.91 Å². The Balaban J connectivity index is 2.57. The molecule has 1 aliphatic rings. The largest absolute Gasteiger partial charge is 0.394 e. The first-order valence-corrected chi connectivity index (χ1v) is 6.54. The minimum absolute atomic E-state index is 0.00266. The van der Waals surface area contributed by atoms with Crippen molar-refractivity contribution in [2.24, 2.45) is 5.92 Å². The van der Waals surface area contributed by atoms with E-state index in [9.17, 15) is 9.90 Å². The third-order valence-electron chi connectivity index (χ3n) is 3.72. The molecule has 1 atom stereocenters. The van der Waals surface area contributed by atoms with Crippen molar-refractivity contribution in [2.45, 2.75) is 44.6 Å². The third kappa shape index (κ3) is 4.28. The van der Waals surface area contributed by atoms with Crippen LogP contribution in [0.4, 0.5) is 0 Å². The second-order valence-corrected chi connectivity index (χ2v) is 5.70. The van der Waals surface area contributed by atoms with E-state index < -0.39 is 5.54 Å². The van der Waals surface area contributed by atoms with Crippen LogP contribution < -0.4 is 5.32 Å². The Labute approximate surface area is 104 Å². The van der Waals surface area contributed by atoms with Crippen LogP contribution in [0.5, 0.6) is 0 Å². The van der Waals surface area contributed by atoms with Gasteiger partial charge in [-0.15, -0.1) is 0 Å². The Morgan fingerprint density at radius 2 is 1.94 bits per heavy atom. The SMILES string of the molecule is CN(C)CC(=O)NC(C)(CO)C1CCCCC1. The zero-order chi connectivity index (χ0) is 12.9. The monoisotopic (exact) mass is 242 g/mol. The van der Waals surface area contributed by atoms with Crippen molar-refractivity contribution in [3.63, 3.8) is 0 Å². The molecule has 2 N–H and O–H groups in total. The van der Waals surface area contributed by atoms with Gasteiger partial charge in [-0.05, 0) is 39.8 Å². The lowest BCUT2D eigenvalue weighted by atomic mass is 9.76. The Hall–Kier alpha value is -0.610. The Bertz CT molecular complexity index is 250. The summed E-state index contributed by atoms with van der Waals surface area (Å²) in [5.41, 5.74) is -0.451. The van der Waals surface area contributed by atoms with Crippen LogP contribution >= 0.6 is 0 Å². The maximum Gasteiger partial charge on any atom is 0.234 e. The zero-order valence-corrected chi connectivity index (χ0v) is 11.3. The summed E-state index contributed by atoms with van der Waals surface area (Å²) in [6, 6.07) is 0. The van der Waals surface area contributed by atoms with Gasteiger partial charge in [-0.2, -0.15) is 0 Å². The molecule has 0 aromatic carbocycles. The van der Waals surface area contributed by atoms with Crippen molar-refractivity contribution in [1.29, 1.82) is 0 Å². The third-order valence-corrected chi connectivity index (χ3v) is 3.72. The maximum atomic E-state index is 11.8. The van der Waals surface area contributed by atoms with Crippen LogP contribution in [0.2, 0.25) is 0 Å². The van der Waals surface area contributed by atoms with E-state index in [2.05, 4.69) is 5.32 Å². The van der Waals surface area contributed by atoms with Crippen LogP contribution in [-0.4, -0.2) is 48.7 Å². The summed E-state index contributed by atoms with van der Waals surface area (Å²) in [6.45, 7) is 2.37. The van der Waals surface area contributed by atoms with E-state index in [0.29, 0.717) is 12.5 Å². The van der Waals surface area contributed by atoms with Crippen molar-refractivity contribution >= 4 is 5.91 Å². The highest BCUT2D eigenvalue weighted by Gasteiger charge is 2.35. The molecule has 17 heavy (non-hydrogen) atoms. The second kappa shape index (κ2) is 6.36. The van der Waals surface area contributed by atoms with Crippen LogP contribution in [-0.2, 0) is 4.79 Å². The lowest BCUT2D eigenvalue weighted by molar-refractivity contribution is -0.125. The van der Waals surface area contributed by atoms with Crippen molar-refractivity contribution in [3.05, 3.63) is 0 Å². The molecular weight excluding hydrogens is 216 g/mol. The fourth-order valence-corrected chi connectivity index (χ4v) is 2.66. The average molecular weight is 242 g/mol. The molecule has 0 spiro atoms. The molecule has 0 heterocycles. The molecular formula is C13H26N2O2. The summed E-state index contributed by atoms with van der Waals surface area (Å²) < 4.78 is 0. The lowest BCUT2D eigenvalue weighted by Gasteiger charge is -2.39. The number of carbonyl (C=O) groups is 1. The summed E-state index contributed by atoms with van der Waals surface area (Å²) in [6.07, 6.45) is 5.93. The molecule has 0 aromatic heterocycles. The summed E-state index contributed by atoms with van der Waals surface area (Å²) in [4.78, 5) is 13.6. The number of aliphatic hydroxyl groups is 1. The van der Waals surface area contributed by atoms with E-state index in [1.807, 2.05) is 25.9 Å². The zero-order valence-electron chi connectivity index (χ0n) is 11.3. The first kappa shape index (κ1) is 14.5. The van der Waals surface area contributed by atoms with Gasteiger partial charge in [0, 0.05) is 0 Å². The molecule has 4 nitrogen and oxygen atoms in total. The van der Waals surface area contributed by atoms with Crippen molar-refractivity contribution in [1.82, 2.24) is 10.2 Å². The summed E-state index contributed by atoms with van der Waals surface area (Å²) in [5, 5.41) is 12.6. The van der Waals surface area contributed by atoms with E-state index in [0.717, 1.165) is 12.8 Å². The van der Waals surface area contributed by atoms with Crippen molar-refractivity contribution < 1.29 is 9.90 Å². The number of nitrogens with one attached hydrogen (secondary N) is 1. The highest BCUT2D eigenvalue weighted by atomic mass is 16.3. The molecule has 0 bridgehead atoms. The second-order valence-electron chi connectivity index (χ2n) is 5.70. The Morgan fingerprint density at radius 3 is 2.41 bits per heavy atom. The number of aliphatic hydroxyl groups excluding tert-OH is 1. The van der Waals surface area contributed by atoms with Crippen LogP contribution in [0.25, 0.3) is 0 Å². The lowest BCUT2D eigenvalue weighted by Crippen LogP contribution is -2.56. The molecule has 0 aliphatic heterocycles. The number of hydrogen-bond acceptors (Lipinski definition) is 3. The minimum atomic E-state index is -0.451. The van der Waals surface area contributed by atoms with Gasteiger partial charge in [0.25, 0.3) is 0 Å². The molecule has 0 radical (unpaired) electrons. The summed E-state index contributed by atoms with van der Waals surface area (Å²) in [5.74, 6) is 0.407. The molecule has 1 amide bonds. The van der Waals surface area contributed by atoms with E-state index in [4.69, 9.17) is 0 Å². The first-order chi connectivity index (χ1) is 7.98. The number of rotatable bonds is 5.